The van der Waals surface area contributed by atoms with E-state index >= 15 is 0 Å². The normalized spacial score (nSPS) is 8.75. The van der Waals surface area contributed by atoms with Crippen molar-refractivity contribution in [1.29, 1.82) is 0 Å². The lowest BCUT2D eigenvalue weighted by Crippen LogP contribution is -2.20. The van der Waals surface area contributed by atoms with Crippen molar-refractivity contribution in [2.24, 2.45) is 5.84 Å². The highest BCUT2D eigenvalue weighted by Gasteiger charge is 1.86. The van der Waals surface area contributed by atoms with E-state index in [1.165, 1.54) is 0 Å². The Morgan fingerprint density at radius 2 is 2.50 bits per heavy atom. The molecule has 0 aromatic heterocycles. The molecule has 0 spiro atoms. The SMILES string of the molecule is C=C(CCOC)NN. The van der Waals surface area contributed by atoms with E-state index in [1.54, 1.807) is 7.11 Å². The lowest BCUT2D eigenvalue weighted by Gasteiger charge is -2.00. The zero-order valence-electron chi connectivity index (χ0n) is 5.11. The first-order valence-corrected chi connectivity index (χ1v) is 2.44. The lowest BCUT2D eigenvalue weighted by atomic mass is 10.4. The Bertz CT molecular complexity index is 72.8. The minimum atomic E-state index is 0.670. The number of nitrogens with one attached hydrogen (secondary N) is 1. The first-order chi connectivity index (χ1) is 3.81. The second kappa shape index (κ2) is 4.61. The lowest BCUT2D eigenvalue weighted by molar-refractivity contribution is 0.200. The van der Waals surface area contributed by atoms with E-state index in [4.69, 9.17) is 10.6 Å². The summed E-state index contributed by atoms with van der Waals surface area (Å²) in [6, 6.07) is 0. The molecule has 0 heterocycles. The largest absolute Gasteiger partial charge is 0.384 e. The van der Waals surface area contributed by atoms with Gasteiger partial charge in [-0.15, -0.1) is 0 Å². The van der Waals surface area contributed by atoms with Crippen molar-refractivity contribution in [3.63, 3.8) is 0 Å². The van der Waals surface area contributed by atoms with Gasteiger partial charge in [0.15, 0.2) is 0 Å². The van der Waals surface area contributed by atoms with Crippen LogP contribution in [0.2, 0.25) is 0 Å². The van der Waals surface area contributed by atoms with Crippen LogP contribution in [0.1, 0.15) is 6.42 Å². The van der Waals surface area contributed by atoms with Gasteiger partial charge in [-0.1, -0.05) is 6.58 Å². The molecule has 0 bridgehead atoms. The first kappa shape index (κ1) is 7.46. The van der Waals surface area contributed by atoms with E-state index in [9.17, 15) is 0 Å². The van der Waals surface area contributed by atoms with Crippen LogP contribution in [0.15, 0.2) is 12.3 Å². The van der Waals surface area contributed by atoms with Gasteiger partial charge in [0.1, 0.15) is 0 Å². The van der Waals surface area contributed by atoms with Crippen LogP contribution < -0.4 is 11.3 Å². The zero-order valence-corrected chi connectivity index (χ0v) is 5.11. The molecular formula is C5H12N2O. The molecule has 3 N–H and O–H groups in total. The summed E-state index contributed by atoms with van der Waals surface area (Å²) in [7, 11) is 1.64. The van der Waals surface area contributed by atoms with Gasteiger partial charge in [-0.25, -0.2) is 0 Å². The number of hydrogen-bond acceptors (Lipinski definition) is 3. The number of rotatable bonds is 4. The standard InChI is InChI=1S/C5H12N2O/c1-5(7-6)3-4-8-2/h7H,1,3-4,6H2,2H3. The molecule has 48 valence electrons. The minimum Gasteiger partial charge on any atom is -0.384 e. The molecular weight excluding hydrogens is 104 g/mol. The number of ether oxygens (including phenoxy) is 1. The molecule has 3 nitrogen and oxygen atoms in total. The van der Waals surface area contributed by atoms with E-state index in [0.717, 1.165) is 12.1 Å². The van der Waals surface area contributed by atoms with Gasteiger partial charge in [0.05, 0.1) is 6.61 Å². The molecule has 0 aliphatic carbocycles. The molecule has 0 saturated carbocycles. The summed E-state index contributed by atoms with van der Waals surface area (Å²) in [6.07, 6.45) is 0.771. The fourth-order valence-electron chi connectivity index (χ4n) is 0.297. The van der Waals surface area contributed by atoms with E-state index in [0.29, 0.717) is 6.61 Å². The highest BCUT2D eigenvalue weighted by atomic mass is 16.5. The fraction of sp³-hybridized carbons (Fsp3) is 0.600. The van der Waals surface area contributed by atoms with Crippen molar-refractivity contribution in [2.45, 2.75) is 6.42 Å². The van der Waals surface area contributed by atoms with Gasteiger partial charge in [0, 0.05) is 19.2 Å². The maximum atomic E-state index is 5.01. The molecule has 8 heavy (non-hydrogen) atoms. The van der Waals surface area contributed by atoms with Crippen molar-refractivity contribution >= 4 is 0 Å². The van der Waals surface area contributed by atoms with Crippen molar-refractivity contribution in [3.05, 3.63) is 12.3 Å². The van der Waals surface area contributed by atoms with Crippen molar-refractivity contribution in [3.8, 4) is 0 Å². The monoisotopic (exact) mass is 116 g/mol. The van der Waals surface area contributed by atoms with Gasteiger partial charge in [0.25, 0.3) is 0 Å². The van der Waals surface area contributed by atoms with Crippen LogP contribution in [0.5, 0.6) is 0 Å². The number of hydrazine groups is 1. The Labute approximate surface area is 49.5 Å². The van der Waals surface area contributed by atoms with E-state index in [1.807, 2.05) is 0 Å². The molecule has 0 aromatic rings. The van der Waals surface area contributed by atoms with Gasteiger partial charge >= 0.3 is 0 Å². The van der Waals surface area contributed by atoms with Crippen LogP contribution in [-0.4, -0.2) is 13.7 Å². The molecule has 0 aliphatic heterocycles. The van der Waals surface area contributed by atoms with Crippen LogP contribution in [-0.2, 0) is 4.74 Å². The van der Waals surface area contributed by atoms with Gasteiger partial charge < -0.3 is 10.2 Å². The predicted molar refractivity (Wildman–Crippen MR) is 33.0 cm³/mol. The van der Waals surface area contributed by atoms with E-state index in [-0.39, 0.29) is 0 Å². The number of methoxy groups -OCH3 is 1. The Morgan fingerprint density at radius 1 is 1.88 bits per heavy atom. The summed E-state index contributed by atoms with van der Waals surface area (Å²) < 4.78 is 4.76. The van der Waals surface area contributed by atoms with Gasteiger partial charge in [-0.2, -0.15) is 0 Å². The third kappa shape index (κ3) is 3.64. The average molecular weight is 116 g/mol. The zero-order chi connectivity index (χ0) is 6.41. The quantitative estimate of drug-likeness (QED) is 0.401. The van der Waals surface area contributed by atoms with E-state index < -0.39 is 0 Å². The Balaban J connectivity index is 2.99. The average Bonchev–Trinajstić information content (AvgIpc) is 1.83. The molecule has 0 amide bonds. The summed E-state index contributed by atoms with van der Waals surface area (Å²) >= 11 is 0. The highest BCUT2D eigenvalue weighted by Crippen LogP contribution is 1.88. The smallest absolute Gasteiger partial charge is 0.0517 e. The molecule has 0 aliphatic rings. The van der Waals surface area contributed by atoms with Crippen LogP contribution in [0.4, 0.5) is 0 Å². The minimum absolute atomic E-state index is 0.670. The topological polar surface area (TPSA) is 47.3 Å². The summed E-state index contributed by atoms with van der Waals surface area (Å²) in [5, 5.41) is 0. The number of nitrogens with two attached hydrogens (primary N) is 1. The predicted octanol–water partition coefficient (Wildman–Crippen LogP) is -0.0001000. The van der Waals surface area contributed by atoms with Gasteiger partial charge in [-0.3, -0.25) is 5.84 Å². The molecule has 0 unspecified atom stereocenters. The summed E-state index contributed by atoms with van der Waals surface area (Å²) in [4.78, 5) is 0. The first-order valence-electron chi connectivity index (χ1n) is 2.44. The second-order valence-corrected chi connectivity index (χ2v) is 1.49. The van der Waals surface area contributed by atoms with E-state index in [2.05, 4.69) is 12.0 Å². The molecule has 0 atom stereocenters. The Hall–Kier alpha value is -0.540. The van der Waals surface area contributed by atoms with Crippen LogP contribution in [0.25, 0.3) is 0 Å². The van der Waals surface area contributed by atoms with Gasteiger partial charge in [-0.05, 0) is 0 Å². The third-order valence-corrected chi connectivity index (χ3v) is 0.812. The maximum Gasteiger partial charge on any atom is 0.0517 e. The Kier molecular flexibility index (Phi) is 4.30. The second-order valence-electron chi connectivity index (χ2n) is 1.49. The molecule has 0 fully saturated rings. The Morgan fingerprint density at radius 3 is 2.88 bits per heavy atom. The fourth-order valence-corrected chi connectivity index (χ4v) is 0.297. The van der Waals surface area contributed by atoms with Crippen molar-refractivity contribution in [1.82, 2.24) is 5.43 Å². The molecule has 3 heteroatoms. The van der Waals surface area contributed by atoms with Crippen molar-refractivity contribution < 1.29 is 4.74 Å². The third-order valence-electron chi connectivity index (χ3n) is 0.812. The number of hydrogen-bond donors (Lipinski definition) is 2. The summed E-state index contributed by atoms with van der Waals surface area (Å²) in [5.41, 5.74) is 3.22. The van der Waals surface area contributed by atoms with Crippen molar-refractivity contribution in [2.75, 3.05) is 13.7 Å². The van der Waals surface area contributed by atoms with Crippen LogP contribution in [0, 0.1) is 0 Å². The molecule has 0 aromatic carbocycles. The van der Waals surface area contributed by atoms with Crippen LogP contribution >= 0.6 is 0 Å². The summed E-state index contributed by atoms with van der Waals surface area (Å²) in [6.45, 7) is 4.26. The van der Waals surface area contributed by atoms with Crippen LogP contribution in [0.3, 0.4) is 0 Å². The molecule has 0 radical (unpaired) electrons. The molecule has 0 rings (SSSR count). The summed E-state index contributed by atoms with van der Waals surface area (Å²) in [5.74, 6) is 5.01. The highest BCUT2D eigenvalue weighted by molar-refractivity contribution is 4.87. The van der Waals surface area contributed by atoms with Gasteiger partial charge in [0.2, 0.25) is 0 Å². The molecule has 0 saturated heterocycles. The maximum absolute atomic E-state index is 5.01.